The Hall–Kier alpha value is -3.00. The molecule has 4 rings (SSSR count). The zero-order valence-electron chi connectivity index (χ0n) is 16.8. The molecular weight excluding hydrogens is 402 g/mol. The number of thioether (sulfide) groups is 1. The number of aromatic nitrogens is 2. The van der Waals surface area contributed by atoms with Crippen LogP contribution in [0, 0.1) is 0 Å². The van der Waals surface area contributed by atoms with Crippen molar-refractivity contribution >= 4 is 28.6 Å². The molecule has 3 aromatic rings. The molecule has 0 saturated heterocycles. The molecule has 0 saturated carbocycles. The molecule has 0 radical (unpaired) electrons. The molecule has 0 bridgehead atoms. The Morgan fingerprint density at radius 2 is 1.93 bits per heavy atom. The second kappa shape index (κ2) is 8.79. The number of carbonyl (C=O) groups excluding carboxylic acids is 1. The molecule has 0 aliphatic carbocycles. The largest absolute Gasteiger partial charge is 0.486 e. The molecule has 0 fully saturated rings. The minimum atomic E-state index is -0.249. The first-order chi connectivity index (χ1) is 14.5. The van der Waals surface area contributed by atoms with Crippen LogP contribution in [-0.2, 0) is 4.79 Å². The summed E-state index contributed by atoms with van der Waals surface area (Å²) in [6, 6.07) is 14.7. The molecule has 2 aromatic carbocycles. The van der Waals surface area contributed by atoms with E-state index in [2.05, 4.69) is 10.3 Å². The predicted octanol–water partition coefficient (Wildman–Crippen LogP) is 3.03. The molecule has 2 heterocycles. The molecule has 8 heteroatoms. The zero-order chi connectivity index (χ0) is 21.1. The van der Waals surface area contributed by atoms with Crippen LogP contribution >= 0.6 is 11.8 Å². The van der Waals surface area contributed by atoms with Crippen LogP contribution < -0.4 is 20.3 Å². The first-order valence-electron chi connectivity index (χ1n) is 9.82. The first kappa shape index (κ1) is 20.3. The molecule has 1 atom stereocenters. The van der Waals surface area contributed by atoms with Crippen LogP contribution in [-0.4, -0.2) is 40.5 Å². The number of amides is 1. The van der Waals surface area contributed by atoms with E-state index in [1.807, 2.05) is 56.3 Å². The lowest BCUT2D eigenvalue weighted by Gasteiger charge is -2.26. The fourth-order valence-electron chi connectivity index (χ4n) is 3.26. The van der Waals surface area contributed by atoms with Gasteiger partial charge < -0.3 is 14.8 Å². The van der Waals surface area contributed by atoms with Crippen molar-refractivity contribution in [1.29, 1.82) is 0 Å². The monoisotopic (exact) mass is 425 g/mol. The van der Waals surface area contributed by atoms with Gasteiger partial charge in [0.2, 0.25) is 5.91 Å². The van der Waals surface area contributed by atoms with Gasteiger partial charge in [-0.3, -0.25) is 14.2 Å². The maximum atomic E-state index is 12.8. The maximum absolute atomic E-state index is 12.8. The summed E-state index contributed by atoms with van der Waals surface area (Å²) in [5, 5.41) is 3.99. The van der Waals surface area contributed by atoms with Crippen molar-refractivity contribution < 1.29 is 14.3 Å². The molecule has 1 aromatic heterocycles. The number of ether oxygens (including phenoxy) is 2. The van der Waals surface area contributed by atoms with Crippen LogP contribution in [0.15, 0.2) is 58.5 Å². The topological polar surface area (TPSA) is 82.5 Å². The zero-order valence-corrected chi connectivity index (χ0v) is 17.6. The summed E-state index contributed by atoms with van der Waals surface area (Å²) in [6.45, 7) is 4.58. The molecule has 0 unspecified atom stereocenters. The summed E-state index contributed by atoms with van der Waals surface area (Å²) >= 11 is 1.26. The predicted molar refractivity (Wildman–Crippen MR) is 116 cm³/mol. The van der Waals surface area contributed by atoms with Crippen LogP contribution in [0.25, 0.3) is 10.9 Å². The van der Waals surface area contributed by atoms with Crippen LogP contribution in [0.5, 0.6) is 11.5 Å². The van der Waals surface area contributed by atoms with Crippen molar-refractivity contribution in [3.05, 3.63) is 58.9 Å². The van der Waals surface area contributed by atoms with E-state index in [0.29, 0.717) is 40.7 Å². The van der Waals surface area contributed by atoms with Crippen LogP contribution in [0.3, 0.4) is 0 Å². The van der Waals surface area contributed by atoms with Crippen molar-refractivity contribution in [3.63, 3.8) is 0 Å². The number of fused-ring (bicyclic) bond motifs is 2. The van der Waals surface area contributed by atoms with E-state index >= 15 is 0 Å². The number of para-hydroxylation sites is 3. The van der Waals surface area contributed by atoms with Gasteiger partial charge in [0.1, 0.15) is 12.7 Å². The molecule has 1 aliphatic rings. The molecule has 0 spiro atoms. The summed E-state index contributed by atoms with van der Waals surface area (Å²) in [7, 11) is 0. The Kier molecular flexibility index (Phi) is 5.94. The third kappa shape index (κ3) is 4.28. The fraction of sp³-hybridized carbons (Fsp3) is 0.318. The summed E-state index contributed by atoms with van der Waals surface area (Å²) < 4.78 is 13.2. The van der Waals surface area contributed by atoms with Gasteiger partial charge in [0.05, 0.1) is 23.2 Å². The van der Waals surface area contributed by atoms with E-state index in [-0.39, 0.29) is 29.4 Å². The lowest BCUT2D eigenvalue weighted by molar-refractivity contribution is -0.119. The van der Waals surface area contributed by atoms with E-state index in [4.69, 9.17) is 9.47 Å². The SMILES string of the molecule is CC(C)n1c(SCC(=O)NC[C@@H]2COc3ccccc3O2)nc2ccccc2c1=O. The van der Waals surface area contributed by atoms with Gasteiger partial charge in [-0.15, -0.1) is 0 Å². The van der Waals surface area contributed by atoms with Gasteiger partial charge in [-0.1, -0.05) is 36.0 Å². The summed E-state index contributed by atoms with van der Waals surface area (Å²) in [6.07, 6.45) is -0.249. The van der Waals surface area contributed by atoms with Gasteiger partial charge in [-0.2, -0.15) is 0 Å². The molecule has 1 amide bonds. The van der Waals surface area contributed by atoms with Gasteiger partial charge in [-0.25, -0.2) is 4.98 Å². The van der Waals surface area contributed by atoms with Crippen LogP contribution in [0.4, 0.5) is 0 Å². The second-order valence-electron chi connectivity index (χ2n) is 7.27. The van der Waals surface area contributed by atoms with Gasteiger partial charge in [0.25, 0.3) is 5.56 Å². The van der Waals surface area contributed by atoms with Gasteiger partial charge >= 0.3 is 0 Å². The van der Waals surface area contributed by atoms with E-state index < -0.39 is 0 Å². The minimum Gasteiger partial charge on any atom is -0.486 e. The molecular formula is C22H23N3O4S. The Balaban J connectivity index is 1.39. The summed E-state index contributed by atoms with van der Waals surface area (Å²) in [5.41, 5.74) is 0.540. The highest BCUT2D eigenvalue weighted by Crippen LogP contribution is 2.30. The fourth-order valence-corrected chi connectivity index (χ4v) is 4.21. The third-order valence-corrected chi connectivity index (χ3v) is 5.67. The van der Waals surface area contributed by atoms with E-state index in [1.54, 1.807) is 10.6 Å². The Morgan fingerprint density at radius 1 is 1.20 bits per heavy atom. The van der Waals surface area contributed by atoms with Gasteiger partial charge in [0.15, 0.2) is 16.7 Å². The van der Waals surface area contributed by atoms with Crippen molar-refractivity contribution in [1.82, 2.24) is 14.9 Å². The van der Waals surface area contributed by atoms with Gasteiger partial charge in [-0.05, 0) is 38.1 Å². The molecule has 156 valence electrons. The maximum Gasteiger partial charge on any atom is 0.262 e. The smallest absolute Gasteiger partial charge is 0.262 e. The Labute approximate surface area is 178 Å². The van der Waals surface area contributed by atoms with Gasteiger partial charge in [0, 0.05) is 6.04 Å². The highest BCUT2D eigenvalue weighted by atomic mass is 32.2. The van der Waals surface area contributed by atoms with Crippen LogP contribution in [0.2, 0.25) is 0 Å². The number of hydrogen-bond donors (Lipinski definition) is 1. The molecule has 7 nitrogen and oxygen atoms in total. The lowest BCUT2D eigenvalue weighted by Crippen LogP contribution is -2.41. The number of hydrogen-bond acceptors (Lipinski definition) is 6. The lowest BCUT2D eigenvalue weighted by atomic mass is 10.2. The quantitative estimate of drug-likeness (QED) is 0.483. The number of nitrogens with one attached hydrogen (secondary N) is 1. The average molecular weight is 426 g/mol. The van der Waals surface area contributed by atoms with E-state index in [9.17, 15) is 9.59 Å². The molecule has 30 heavy (non-hydrogen) atoms. The van der Waals surface area contributed by atoms with Crippen molar-refractivity contribution in [2.24, 2.45) is 0 Å². The first-order valence-corrected chi connectivity index (χ1v) is 10.8. The van der Waals surface area contributed by atoms with E-state index in [0.717, 1.165) is 0 Å². The number of nitrogens with zero attached hydrogens (tertiary/aromatic N) is 2. The Bertz CT molecular complexity index is 1130. The molecule has 1 aliphatic heterocycles. The van der Waals surface area contributed by atoms with Crippen molar-refractivity contribution in [2.75, 3.05) is 18.9 Å². The van der Waals surface area contributed by atoms with E-state index in [1.165, 1.54) is 11.8 Å². The number of carbonyl (C=O) groups is 1. The normalized spacial score (nSPS) is 15.4. The highest BCUT2D eigenvalue weighted by molar-refractivity contribution is 7.99. The number of benzene rings is 2. The average Bonchev–Trinajstić information content (AvgIpc) is 2.76. The highest BCUT2D eigenvalue weighted by Gasteiger charge is 2.21. The standard InChI is InChI=1S/C22H23N3O4S/c1-14(2)25-21(27)16-7-3-4-8-17(16)24-22(25)30-13-20(26)23-11-15-12-28-18-9-5-6-10-19(18)29-15/h3-10,14-15H,11-13H2,1-2H3,(H,23,26)/t15-/m1/s1. The van der Waals surface area contributed by atoms with Crippen molar-refractivity contribution in [2.45, 2.75) is 31.1 Å². The summed E-state index contributed by atoms with van der Waals surface area (Å²) in [4.78, 5) is 29.8. The second-order valence-corrected chi connectivity index (χ2v) is 8.21. The third-order valence-electron chi connectivity index (χ3n) is 4.72. The summed E-state index contributed by atoms with van der Waals surface area (Å²) in [5.74, 6) is 1.39. The van der Waals surface area contributed by atoms with Crippen molar-refractivity contribution in [3.8, 4) is 11.5 Å². The minimum absolute atomic E-state index is 0.0620. The molecule has 1 N–H and O–H groups in total. The Morgan fingerprint density at radius 3 is 2.73 bits per heavy atom. The number of rotatable bonds is 6. The van der Waals surface area contributed by atoms with Crippen LogP contribution in [0.1, 0.15) is 19.9 Å².